The highest BCUT2D eigenvalue weighted by atomic mass is 32.1. The van der Waals surface area contributed by atoms with Gasteiger partial charge in [-0.25, -0.2) is 0 Å². The molecular weight excluding hydrogens is 352 g/mol. The van der Waals surface area contributed by atoms with Crippen molar-refractivity contribution in [2.75, 3.05) is 0 Å². The van der Waals surface area contributed by atoms with E-state index < -0.39 is 0 Å². The molecule has 1 amide bonds. The first kappa shape index (κ1) is 14.6. The van der Waals surface area contributed by atoms with Gasteiger partial charge in [0.1, 0.15) is 0 Å². The number of nitrogens with one attached hydrogen (secondary N) is 1. The Kier molecular flexibility index (Phi) is 3.29. The number of benzene rings is 1. The van der Waals surface area contributed by atoms with E-state index in [4.69, 9.17) is 0 Å². The van der Waals surface area contributed by atoms with Crippen LogP contribution in [0.5, 0.6) is 0 Å². The largest absolute Gasteiger partial charge is 0.344 e. The molecule has 5 aromatic rings. The fourth-order valence-corrected chi connectivity index (χ4v) is 5.31. The van der Waals surface area contributed by atoms with Gasteiger partial charge in [-0.1, -0.05) is 24.3 Å². The van der Waals surface area contributed by atoms with Crippen LogP contribution in [-0.4, -0.2) is 20.5 Å². The highest BCUT2D eigenvalue weighted by molar-refractivity contribution is 7.33. The Bertz CT molecular complexity index is 1230. The first-order valence-corrected chi connectivity index (χ1v) is 9.41. The molecule has 5 rings (SSSR count). The number of hydrogen-bond acceptors (Lipinski definition) is 5. The molecule has 0 aliphatic carbocycles. The Morgan fingerprint density at radius 3 is 2.88 bits per heavy atom. The molecule has 7 heteroatoms. The van der Waals surface area contributed by atoms with Gasteiger partial charge in [-0.05, 0) is 24.3 Å². The van der Waals surface area contributed by atoms with Crippen molar-refractivity contribution in [3.8, 4) is 0 Å². The van der Waals surface area contributed by atoms with E-state index in [2.05, 4.69) is 27.6 Å². The van der Waals surface area contributed by atoms with Gasteiger partial charge in [0.2, 0.25) is 0 Å². The fraction of sp³-hybridized carbons (Fsp3) is 0.0556. The van der Waals surface area contributed by atoms with Crippen LogP contribution in [0.4, 0.5) is 0 Å². The maximum Gasteiger partial charge on any atom is 0.261 e. The highest BCUT2D eigenvalue weighted by Gasteiger charge is 2.15. The summed E-state index contributed by atoms with van der Waals surface area (Å²) in [7, 11) is 0. The summed E-state index contributed by atoms with van der Waals surface area (Å²) < 4.78 is 5.47. The zero-order valence-corrected chi connectivity index (χ0v) is 14.6. The molecule has 0 saturated heterocycles. The van der Waals surface area contributed by atoms with E-state index in [1.54, 1.807) is 11.3 Å². The normalized spacial score (nSPS) is 11.5. The summed E-state index contributed by atoms with van der Waals surface area (Å²) >= 11 is 3.26. The first-order valence-electron chi connectivity index (χ1n) is 7.77. The van der Waals surface area contributed by atoms with Gasteiger partial charge in [-0.3, -0.25) is 9.20 Å². The summed E-state index contributed by atoms with van der Waals surface area (Å²) in [5.41, 5.74) is 0.773. The third-order valence-electron chi connectivity index (χ3n) is 4.06. The van der Waals surface area contributed by atoms with Crippen molar-refractivity contribution >= 4 is 53.7 Å². The number of fused-ring (bicyclic) bond motifs is 4. The molecule has 0 aliphatic heterocycles. The number of nitrogens with zero attached hydrogens (tertiary/aromatic N) is 3. The van der Waals surface area contributed by atoms with E-state index >= 15 is 0 Å². The van der Waals surface area contributed by atoms with Gasteiger partial charge >= 0.3 is 0 Å². The molecule has 0 spiro atoms. The van der Waals surface area contributed by atoms with E-state index in [9.17, 15) is 4.79 Å². The summed E-state index contributed by atoms with van der Waals surface area (Å²) in [6.07, 6.45) is 1.89. The molecule has 0 radical (unpaired) electrons. The molecule has 0 fully saturated rings. The van der Waals surface area contributed by atoms with E-state index in [0.717, 1.165) is 15.2 Å². The van der Waals surface area contributed by atoms with Crippen LogP contribution in [0, 0.1) is 0 Å². The predicted molar refractivity (Wildman–Crippen MR) is 101 cm³/mol. The van der Waals surface area contributed by atoms with E-state index in [-0.39, 0.29) is 5.91 Å². The van der Waals surface area contributed by atoms with Crippen LogP contribution in [0.2, 0.25) is 0 Å². The maximum absolute atomic E-state index is 12.5. The number of pyridine rings is 1. The monoisotopic (exact) mass is 364 g/mol. The molecule has 0 bridgehead atoms. The van der Waals surface area contributed by atoms with Crippen LogP contribution >= 0.6 is 22.7 Å². The molecule has 5 nitrogen and oxygen atoms in total. The molecule has 25 heavy (non-hydrogen) atoms. The number of aromatic nitrogens is 3. The third kappa shape index (κ3) is 2.40. The van der Waals surface area contributed by atoms with Gasteiger partial charge in [0.05, 0.1) is 16.1 Å². The van der Waals surface area contributed by atoms with Crippen molar-refractivity contribution < 1.29 is 4.79 Å². The summed E-state index contributed by atoms with van der Waals surface area (Å²) in [6, 6.07) is 16.0. The van der Waals surface area contributed by atoms with Gasteiger partial charge in [0, 0.05) is 21.0 Å². The molecule has 0 atom stereocenters. The van der Waals surface area contributed by atoms with Crippen LogP contribution < -0.4 is 5.32 Å². The molecule has 1 N–H and O–H groups in total. The molecule has 0 saturated carbocycles. The van der Waals surface area contributed by atoms with Gasteiger partial charge in [0.25, 0.3) is 5.91 Å². The van der Waals surface area contributed by atoms with Crippen molar-refractivity contribution in [1.29, 1.82) is 0 Å². The Labute approximate surface area is 150 Å². The lowest BCUT2D eigenvalue weighted by atomic mass is 10.2. The molecule has 4 heterocycles. The maximum atomic E-state index is 12.5. The highest BCUT2D eigenvalue weighted by Crippen LogP contribution is 2.39. The van der Waals surface area contributed by atoms with E-state index in [1.165, 1.54) is 26.1 Å². The molecule has 0 aliphatic rings. The Morgan fingerprint density at radius 1 is 1.04 bits per heavy atom. The second-order valence-electron chi connectivity index (χ2n) is 5.63. The molecule has 4 aromatic heterocycles. The van der Waals surface area contributed by atoms with E-state index in [0.29, 0.717) is 12.4 Å². The van der Waals surface area contributed by atoms with Crippen LogP contribution in [0.1, 0.15) is 15.5 Å². The average molecular weight is 364 g/mol. The van der Waals surface area contributed by atoms with Crippen molar-refractivity contribution in [3.05, 3.63) is 65.4 Å². The minimum atomic E-state index is -0.0786. The van der Waals surface area contributed by atoms with Gasteiger partial charge < -0.3 is 5.32 Å². The molecule has 1 aromatic carbocycles. The lowest BCUT2D eigenvalue weighted by Gasteiger charge is -2.02. The zero-order chi connectivity index (χ0) is 16.8. The number of amides is 1. The van der Waals surface area contributed by atoms with Gasteiger partial charge in [-0.2, -0.15) is 0 Å². The van der Waals surface area contributed by atoms with Crippen molar-refractivity contribution in [2.45, 2.75) is 6.54 Å². The fourth-order valence-electron chi connectivity index (χ4n) is 2.87. The topological polar surface area (TPSA) is 59.3 Å². The third-order valence-corrected chi connectivity index (χ3v) is 6.48. The molecule has 122 valence electrons. The van der Waals surface area contributed by atoms with Crippen LogP contribution in [0.25, 0.3) is 25.1 Å². The number of thiophene rings is 2. The van der Waals surface area contributed by atoms with Gasteiger partial charge in [0.15, 0.2) is 11.5 Å². The Morgan fingerprint density at radius 2 is 1.92 bits per heavy atom. The van der Waals surface area contributed by atoms with Crippen molar-refractivity contribution in [1.82, 2.24) is 19.9 Å². The second kappa shape index (κ2) is 5.65. The Hall–Kier alpha value is -2.77. The average Bonchev–Trinajstić information content (AvgIpc) is 3.32. The summed E-state index contributed by atoms with van der Waals surface area (Å²) in [4.78, 5) is 13.2. The van der Waals surface area contributed by atoms with Crippen molar-refractivity contribution in [2.24, 2.45) is 0 Å². The molecule has 0 unspecified atom stereocenters. The number of rotatable bonds is 3. The summed E-state index contributed by atoms with van der Waals surface area (Å²) in [5.74, 6) is 0.637. The van der Waals surface area contributed by atoms with Crippen LogP contribution in [0.3, 0.4) is 0 Å². The minimum Gasteiger partial charge on any atom is -0.344 e. The van der Waals surface area contributed by atoms with Gasteiger partial charge in [-0.15, -0.1) is 32.9 Å². The minimum absolute atomic E-state index is 0.0786. The molecular formula is C18H12N4OS2. The van der Waals surface area contributed by atoms with Crippen LogP contribution in [-0.2, 0) is 6.54 Å². The van der Waals surface area contributed by atoms with Crippen LogP contribution in [0.15, 0.2) is 54.7 Å². The number of carbonyl (C=O) groups excluding carboxylic acids is 1. The number of hydrogen-bond donors (Lipinski definition) is 1. The quantitative estimate of drug-likeness (QED) is 0.525. The summed E-state index contributed by atoms with van der Waals surface area (Å²) in [5, 5.41) is 12.4. The second-order valence-corrected chi connectivity index (χ2v) is 7.77. The zero-order valence-electron chi connectivity index (χ0n) is 13.0. The number of carbonyl (C=O) groups is 1. The first-order chi connectivity index (χ1) is 12.3. The summed E-state index contributed by atoms with van der Waals surface area (Å²) in [6.45, 7) is 0.344. The Balaban J connectivity index is 1.41. The standard InChI is InChI=1S/C18H12N4OS2/c23-18(19-10-16-21-20-15-7-3-4-8-22(15)16)14-9-13-17(25-14)11-5-1-2-6-12(11)24-13/h1-9H,10H2,(H,19,23). The predicted octanol–water partition coefficient (Wildman–Crippen LogP) is 4.09. The lowest BCUT2D eigenvalue weighted by molar-refractivity contribution is 0.0954. The lowest BCUT2D eigenvalue weighted by Crippen LogP contribution is -2.23. The van der Waals surface area contributed by atoms with E-state index in [1.807, 2.05) is 47.0 Å². The SMILES string of the molecule is O=C(NCc1nnc2ccccn12)c1cc2sc3ccccc3c2s1. The smallest absolute Gasteiger partial charge is 0.261 e. The van der Waals surface area contributed by atoms with Crippen molar-refractivity contribution in [3.63, 3.8) is 0 Å².